The number of nitrogens with one attached hydrogen (secondary N) is 1. The number of rotatable bonds is 6. The van der Waals surface area contributed by atoms with Gasteiger partial charge in [0.05, 0.1) is 0 Å². The lowest BCUT2D eigenvalue weighted by Gasteiger charge is -2.14. The summed E-state index contributed by atoms with van der Waals surface area (Å²) < 4.78 is 5.82. The van der Waals surface area contributed by atoms with E-state index in [0.717, 1.165) is 18.9 Å². The first-order valence-corrected chi connectivity index (χ1v) is 6.47. The lowest BCUT2D eigenvalue weighted by molar-refractivity contribution is 0.306. The highest BCUT2D eigenvalue weighted by Crippen LogP contribution is 2.24. The highest BCUT2D eigenvalue weighted by Gasteiger charge is 2.04. The van der Waals surface area contributed by atoms with E-state index < -0.39 is 0 Å². The number of benzene rings is 1. The van der Waals surface area contributed by atoms with Crippen LogP contribution in [0.5, 0.6) is 5.75 Å². The van der Waals surface area contributed by atoms with Crippen molar-refractivity contribution in [1.82, 2.24) is 5.32 Å². The van der Waals surface area contributed by atoms with Crippen LogP contribution in [0.4, 0.5) is 0 Å². The SMILES string of the molecule is Cc1ccc(C(C)C)cc1OCCNC(C)C. The summed E-state index contributed by atoms with van der Waals surface area (Å²) in [5.41, 5.74) is 2.54. The number of hydrogen-bond donors (Lipinski definition) is 1. The maximum atomic E-state index is 5.82. The third-order valence-corrected chi connectivity index (χ3v) is 2.79. The molecule has 0 aromatic heterocycles. The first kappa shape index (κ1) is 14.0. The fourth-order valence-corrected chi connectivity index (χ4v) is 1.64. The van der Waals surface area contributed by atoms with Crippen LogP contribution < -0.4 is 10.1 Å². The Kier molecular flexibility index (Phi) is 5.49. The molecule has 0 fully saturated rings. The molecule has 2 nitrogen and oxygen atoms in total. The Morgan fingerprint density at radius 2 is 1.88 bits per heavy atom. The number of aryl methyl sites for hydroxylation is 1. The fourth-order valence-electron chi connectivity index (χ4n) is 1.64. The molecule has 0 aliphatic rings. The van der Waals surface area contributed by atoms with Gasteiger partial charge in [-0.05, 0) is 30.0 Å². The van der Waals surface area contributed by atoms with Crippen LogP contribution in [0.15, 0.2) is 18.2 Å². The second kappa shape index (κ2) is 6.65. The molecule has 0 spiro atoms. The Bertz CT molecular complexity index is 345. The summed E-state index contributed by atoms with van der Waals surface area (Å²) in [4.78, 5) is 0. The predicted octanol–water partition coefficient (Wildman–Crippen LogP) is 3.50. The van der Waals surface area contributed by atoms with E-state index in [-0.39, 0.29) is 0 Å². The number of ether oxygens (including phenoxy) is 1. The minimum absolute atomic E-state index is 0.515. The fraction of sp³-hybridized carbons (Fsp3) is 0.600. The normalized spacial score (nSPS) is 11.2. The van der Waals surface area contributed by atoms with Crippen molar-refractivity contribution in [1.29, 1.82) is 0 Å². The van der Waals surface area contributed by atoms with Gasteiger partial charge in [0.25, 0.3) is 0 Å². The van der Waals surface area contributed by atoms with Crippen LogP contribution in [0.2, 0.25) is 0 Å². The van der Waals surface area contributed by atoms with Gasteiger partial charge in [-0.15, -0.1) is 0 Å². The van der Waals surface area contributed by atoms with Crippen LogP contribution in [-0.4, -0.2) is 19.2 Å². The molecule has 1 rings (SSSR count). The van der Waals surface area contributed by atoms with Gasteiger partial charge in [0.2, 0.25) is 0 Å². The van der Waals surface area contributed by atoms with Crippen LogP contribution in [0.3, 0.4) is 0 Å². The molecule has 1 aromatic carbocycles. The van der Waals surface area contributed by atoms with Gasteiger partial charge in [-0.25, -0.2) is 0 Å². The first-order chi connectivity index (χ1) is 8.00. The van der Waals surface area contributed by atoms with Gasteiger partial charge >= 0.3 is 0 Å². The topological polar surface area (TPSA) is 21.3 Å². The van der Waals surface area contributed by atoms with Gasteiger partial charge in [-0.3, -0.25) is 0 Å². The molecule has 17 heavy (non-hydrogen) atoms. The third-order valence-electron chi connectivity index (χ3n) is 2.79. The molecule has 0 atom stereocenters. The van der Waals surface area contributed by atoms with Crippen molar-refractivity contribution in [3.05, 3.63) is 29.3 Å². The molecule has 0 aliphatic carbocycles. The Labute approximate surface area is 105 Å². The van der Waals surface area contributed by atoms with Crippen LogP contribution in [0.1, 0.15) is 44.7 Å². The molecule has 0 unspecified atom stereocenters. The van der Waals surface area contributed by atoms with Gasteiger partial charge in [-0.2, -0.15) is 0 Å². The Balaban J connectivity index is 2.54. The molecule has 0 saturated heterocycles. The first-order valence-electron chi connectivity index (χ1n) is 6.47. The molecule has 96 valence electrons. The highest BCUT2D eigenvalue weighted by molar-refractivity contribution is 5.37. The van der Waals surface area contributed by atoms with Gasteiger partial charge in [-0.1, -0.05) is 39.8 Å². The van der Waals surface area contributed by atoms with Gasteiger partial charge < -0.3 is 10.1 Å². The molecule has 0 amide bonds. The summed E-state index contributed by atoms with van der Waals surface area (Å²) in [5.74, 6) is 1.56. The van der Waals surface area contributed by atoms with Crippen molar-refractivity contribution in [2.45, 2.75) is 46.6 Å². The molecule has 0 heterocycles. The zero-order chi connectivity index (χ0) is 12.8. The predicted molar refractivity (Wildman–Crippen MR) is 73.9 cm³/mol. The average molecular weight is 235 g/mol. The summed E-state index contributed by atoms with van der Waals surface area (Å²) in [6.07, 6.45) is 0. The largest absolute Gasteiger partial charge is 0.492 e. The van der Waals surface area contributed by atoms with E-state index in [9.17, 15) is 0 Å². The molecule has 1 N–H and O–H groups in total. The maximum Gasteiger partial charge on any atom is 0.122 e. The van der Waals surface area contributed by atoms with Gasteiger partial charge in [0, 0.05) is 12.6 Å². The zero-order valence-corrected chi connectivity index (χ0v) is 11.7. The quantitative estimate of drug-likeness (QED) is 0.762. The Morgan fingerprint density at radius 1 is 1.18 bits per heavy atom. The molecule has 2 heteroatoms. The van der Waals surface area contributed by atoms with Crippen molar-refractivity contribution < 1.29 is 4.74 Å². The standard InChI is InChI=1S/C15H25NO/c1-11(2)14-7-6-13(5)15(10-14)17-9-8-16-12(3)4/h6-7,10-12,16H,8-9H2,1-5H3. The zero-order valence-electron chi connectivity index (χ0n) is 11.7. The third kappa shape index (κ3) is 4.78. The molecule has 0 radical (unpaired) electrons. The van der Waals surface area contributed by atoms with Crippen molar-refractivity contribution in [3.8, 4) is 5.75 Å². The smallest absolute Gasteiger partial charge is 0.122 e. The van der Waals surface area contributed by atoms with Gasteiger partial charge in [0.1, 0.15) is 12.4 Å². The summed E-state index contributed by atoms with van der Waals surface area (Å²) in [6.45, 7) is 12.4. The monoisotopic (exact) mass is 235 g/mol. The van der Waals surface area contributed by atoms with E-state index in [2.05, 4.69) is 58.1 Å². The molecule has 0 bridgehead atoms. The summed E-state index contributed by atoms with van der Waals surface area (Å²) in [6, 6.07) is 7.00. The average Bonchev–Trinajstić information content (AvgIpc) is 2.25. The molecular formula is C15H25NO. The van der Waals surface area contributed by atoms with Crippen LogP contribution in [-0.2, 0) is 0 Å². The van der Waals surface area contributed by atoms with E-state index in [1.165, 1.54) is 11.1 Å². The highest BCUT2D eigenvalue weighted by atomic mass is 16.5. The summed E-state index contributed by atoms with van der Waals surface area (Å²) in [5, 5.41) is 3.35. The lowest BCUT2D eigenvalue weighted by atomic mass is 10.0. The second-order valence-electron chi connectivity index (χ2n) is 5.14. The van der Waals surface area contributed by atoms with Crippen LogP contribution in [0, 0.1) is 6.92 Å². The lowest BCUT2D eigenvalue weighted by Crippen LogP contribution is -2.27. The van der Waals surface area contributed by atoms with E-state index >= 15 is 0 Å². The van der Waals surface area contributed by atoms with E-state index in [1.54, 1.807) is 0 Å². The van der Waals surface area contributed by atoms with E-state index in [1.807, 2.05) is 0 Å². The van der Waals surface area contributed by atoms with Crippen molar-refractivity contribution in [2.75, 3.05) is 13.2 Å². The molecule has 1 aromatic rings. The maximum absolute atomic E-state index is 5.82. The van der Waals surface area contributed by atoms with Crippen molar-refractivity contribution >= 4 is 0 Å². The van der Waals surface area contributed by atoms with Gasteiger partial charge in [0.15, 0.2) is 0 Å². The minimum atomic E-state index is 0.515. The summed E-state index contributed by atoms with van der Waals surface area (Å²) in [7, 11) is 0. The Hall–Kier alpha value is -1.02. The van der Waals surface area contributed by atoms with E-state index in [0.29, 0.717) is 12.0 Å². The van der Waals surface area contributed by atoms with Crippen molar-refractivity contribution in [2.24, 2.45) is 0 Å². The molecule has 0 aliphatic heterocycles. The van der Waals surface area contributed by atoms with E-state index in [4.69, 9.17) is 4.74 Å². The second-order valence-corrected chi connectivity index (χ2v) is 5.14. The van der Waals surface area contributed by atoms with Crippen LogP contribution >= 0.6 is 0 Å². The Morgan fingerprint density at radius 3 is 2.47 bits per heavy atom. The minimum Gasteiger partial charge on any atom is -0.492 e. The number of hydrogen-bond acceptors (Lipinski definition) is 2. The van der Waals surface area contributed by atoms with Crippen molar-refractivity contribution in [3.63, 3.8) is 0 Å². The molecule has 0 saturated carbocycles. The summed E-state index contributed by atoms with van der Waals surface area (Å²) >= 11 is 0. The molecular weight excluding hydrogens is 210 g/mol. The van der Waals surface area contributed by atoms with Crippen LogP contribution in [0.25, 0.3) is 0 Å².